The van der Waals surface area contributed by atoms with E-state index in [9.17, 15) is 4.79 Å². The van der Waals surface area contributed by atoms with E-state index in [4.69, 9.17) is 9.47 Å². The van der Waals surface area contributed by atoms with Crippen molar-refractivity contribution < 1.29 is 14.3 Å². The van der Waals surface area contributed by atoms with Crippen LogP contribution in [0.5, 0.6) is 5.75 Å². The topological polar surface area (TPSA) is 48.4 Å². The largest absolute Gasteiger partial charge is 0.465 e. The van der Waals surface area contributed by atoms with E-state index in [-0.39, 0.29) is 12.5 Å². The first kappa shape index (κ1) is 10.1. The summed E-state index contributed by atoms with van der Waals surface area (Å²) < 4.78 is 10.4. The quantitative estimate of drug-likeness (QED) is 0.460. The van der Waals surface area contributed by atoms with Gasteiger partial charge in [0.25, 0.3) is 0 Å². The Labute approximate surface area is 84.0 Å². The van der Waals surface area contributed by atoms with Crippen LogP contribution in [-0.4, -0.2) is 25.2 Å². The summed E-state index contributed by atoms with van der Waals surface area (Å²) in [6, 6.07) is 3.35. The molecule has 0 N–H and O–H groups in total. The molecule has 0 amide bonds. The predicted octanol–water partition coefficient (Wildman–Crippen LogP) is 1.64. The van der Waals surface area contributed by atoms with E-state index in [0.29, 0.717) is 16.6 Å². The van der Waals surface area contributed by atoms with E-state index in [0.717, 1.165) is 0 Å². The number of rotatable bonds is 4. The highest BCUT2D eigenvalue weighted by Gasteiger charge is 2.04. The summed E-state index contributed by atoms with van der Waals surface area (Å²) in [5, 5.41) is 0. The van der Waals surface area contributed by atoms with Gasteiger partial charge in [-0.2, -0.15) is 0 Å². The van der Waals surface area contributed by atoms with E-state index in [1.165, 1.54) is 7.11 Å². The maximum atomic E-state index is 10.5. The summed E-state index contributed by atoms with van der Waals surface area (Å²) in [5.74, 6) is 0.417. The van der Waals surface area contributed by atoms with Crippen molar-refractivity contribution in [2.45, 2.75) is 0 Å². The SMILES string of the molecule is COCOc1ccc(Br)nc1C=O. The number of hydrogen-bond acceptors (Lipinski definition) is 4. The van der Waals surface area contributed by atoms with Crippen LogP contribution >= 0.6 is 15.9 Å². The van der Waals surface area contributed by atoms with Crippen molar-refractivity contribution in [3.63, 3.8) is 0 Å². The van der Waals surface area contributed by atoms with Gasteiger partial charge in [-0.3, -0.25) is 4.79 Å². The van der Waals surface area contributed by atoms with E-state index >= 15 is 0 Å². The number of aromatic nitrogens is 1. The number of methoxy groups -OCH3 is 1. The van der Waals surface area contributed by atoms with Crippen molar-refractivity contribution in [3.8, 4) is 5.75 Å². The highest BCUT2D eigenvalue weighted by atomic mass is 79.9. The molecule has 0 unspecified atom stereocenters. The van der Waals surface area contributed by atoms with Gasteiger partial charge in [0.15, 0.2) is 18.8 Å². The molecule has 0 fully saturated rings. The molecule has 0 saturated heterocycles. The maximum Gasteiger partial charge on any atom is 0.188 e. The molecule has 70 valence electrons. The van der Waals surface area contributed by atoms with Crippen LogP contribution in [0, 0.1) is 0 Å². The van der Waals surface area contributed by atoms with Gasteiger partial charge in [0, 0.05) is 7.11 Å². The van der Waals surface area contributed by atoms with Gasteiger partial charge in [0.1, 0.15) is 10.3 Å². The molecule has 0 saturated carbocycles. The second kappa shape index (κ2) is 4.94. The summed E-state index contributed by atoms with van der Waals surface area (Å²) in [6.07, 6.45) is 0.635. The molecular weight excluding hydrogens is 238 g/mol. The summed E-state index contributed by atoms with van der Waals surface area (Å²) in [4.78, 5) is 14.5. The molecule has 0 atom stereocenters. The number of ether oxygens (including phenoxy) is 2. The molecule has 0 aromatic carbocycles. The zero-order chi connectivity index (χ0) is 9.68. The van der Waals surface area contributed by atoms with E-state index in [2.05, 4.69) is 20.9 Å². The minimum absolute atomic E-state index is 0.101. The van der Waals surface area contributed by atoms with Gasteiger partial charge in [-0.15, -0.1) is 0 Å². The Kier molecular flexibility index (Phi) is 3.85. The van der Waals surface area contributed by atoms with E-state index < -0.39 is 0 Å². The van der Waals surface area contributed by atoms with Gasteiger partial charge in [-0.1, -0.05) is 0 Å². The Bertz CT molecular complexity index is 303. The Morgan fingerprint density at radius 3 is 3.00 bits per heavy atom. The van der Waals surface area contributed by atoms with Crippen molar-refractivity contribution in [3.05, 3.63) is 22.4 Å². The molecule has 0 radical (unpaired) electrons. The Balaban J connectivity index is 2.86. The lowest BCUT2D eigenvalue weighted by Crippen LogP contribution is -2.02. The second-order valence-electron chi connectivity index (χ2n) is 2.19. The fourth-order valence-electron chi connectivity index (χ4n) is 0.766. The number of aldehydes is 1. The molecule has 1 aromatic heterocycles. The third kappa shape index (κ3) is 2.78. The molecular formula is C8H8BrNO3. The summed E-state index contributed by atoms with van der Waals surface area (Å²) in [7, 11) is 1.51. The predicted molar refractivity (Wildman–Crippen MR) is 49.8 cm³/mol. The van der Waals surface area contributed by atoms with Crippen LogP contribution in [-0.2, 0) is 4.74 Å². The standard InChI is InChI=1S/C8H8BrNO3/c1-12-5-13-7-2-3-8(9)10-6(7)4-11/h2-4H,5H2,1H3. The summed E-state index contributed by atoms with van der Waals surface area (Å²) in [6.45, 7) is 0.101. The average Bonchev–Trinajstić information content (AvgIpc) is 2.16. The van der Waals surface area contributed by atoms with Gasteiger partial charge in [-0.05, 0) is 28.1 Å². The second-order valence-corrected chi connectivity index (χ2v) is 3.00. The van der Waals surface area contributed by atoms with Gasteiger partial charge in [0.2, 0.25) is 0 Å². The molecule has 13 heavy (non-hydrogen) atoms. The van der Waals surface area contributed by atoms with Crippen LogP contribution in [0.15, 0.2) is 16.7 Å². The number of hydrogen-bond donors (Lipinski definition) is 0. The first-order valence-electron chi connectivity index (χ1n) is 3.51. The fourth-order valence-corrected chi connectivity index (χ4v) is 1.09. The molecule has 0 spiro atoms. The van der Waals surface area contributed by atoms with Crippen LogP contribution in [0.1, 0.15) is 10.5 Å². The number of halogens is 1. The molecule has 1 heterocycles. The van der Waals surface area contributed by atoms with Gasteiger partial charge < -0.3 is 9.47 Å². The van der Waals surface area contributed by atoms with Crippen molar-refractivity contribution in [2.75, 3.05) is 13.9 Å². The molecule has 0 aliphatic carbocycles. The summed E-state index contributed by atoms with van der Waals surface area (Å²) >= 11 is 3.15. The zero-order valence-electron chi connectivity index (χ0n) is 6.99. The van der Waals surface area contributed by atoms with Crippen LogP contribution in [0.3, 0.4) is 0 Å². The highest BCUT2D eigenvalue weighted by Crippen LogP contribution is 2.17. The Morgan fingerprint density at radius 1 is 1.62 bits per heavy atom. The molecule has 1 aromatic rings. The van der Waals surface area contributed by atoms with Crippen LogP contribution in [0.2, 0.25) is 0 Å². The molecule has 5 heteroatoms. The molecule has 4 nitrogen and oxygen atoms in total. The first-order chi connectivity index (χ1) is 6.27. The van der Waals surface area contributed by atoms with E-state index in [1.54, 1.807) is 12.1 Å². The van der Waals surface area contributed by atoms with Crippen molar-refractivity contribution in [1.82, 2.24) is 4.98 Å². The molecule has 1 rings (SSSR count). The molecule has 0 aliphatic heterocycles. The number of nitrogens with zero attached hydrogens (tertiary/aromatic N) is 1. The maximum absolute atomic E-state index is 10.5. The lowest BCUT2D eigenvalue weighted by Gasteiger charge is -2.05. The lowest BCUT2D eigenvalue weighted by atomic mass is 10.3. The van der Waals surface area contributed by atoms with E-state index in [1.807, 2.05) is 0 Å². The van der Waals surface area contributed by atoms with Crippen molar-refractivity contribution in [1.29, 1.82) is 0 Å². The fraction of sp³-hybridized carbons (Fsp3) is 0.250. The monoisotopic (exact) mass is 245 g/mol. The summed E-state index contributed by atoms with van der Waals surface area (Å²) in [5.41, 5.74) is 0.256. The van der Waals surface area contributed by atoms with Crippen LogP contribution in [0.4, 0.5) is 0 Å². The van der Waals surface area contributed by atoms with Gasteiger partial charge in [0.05, 0.1) is 0 Å². The minimum atomic E-state index is 0.101. The van der Waals surface area contributed by atoms with Gasteiger partial charge >= 0.3 is 0 Å². The van der Waals surface area contributed by atoms with Crippen LogP contribution < -0.4 is 4.74 Å². The smallest absolute Gasteiger partial charge is 0.188 e. The third-order valence-corrected chi connectivity index (χ3v) is 1.74. The lowest BCUT2D eigenvalue weighted by molar-refractivity contribution is 0.0502. The third-order valence-electron chi connectivity index (χ3n) is 1.30. The highest BCUT2D eigenvalue weighted by molar-refractivity contribution is 9.10. The number of carbonyl (C=O) groups excluding carboxylic acids is 1. The minimum Gasteiger partial charge on any atom is -0.465 e. The Hall–Kier alpha value is -0.940. The first-order valence-corrected chi connectivity index (χ1v) is 4.30. The average molecular weight is 246 g/mol. The zero-order valence-corrected chi connectivity index (χ0v) is 8.58. The molecule has 0 bridgehead atoms. The van der Waals surface area contributed by atoms with Crippen molar-refractivity contribution >= 4 is 22.2 Å². The Morgan fingerprint density at radius 2 is 2.38 bits per heavy atom. The molecule has 0 aliphatic rings. The number of pyridine rings is 1. The van der Waals surface area contributed by atoms with Gasteiger partial charge in [-0.25, -0.2) is 4.98 Å². The van der Waals surface area contributed by atoms with Crippen LogP contribution in [0.25, 0.3) is 0 Å². The normalized spacial score (nSPS) is 9.69. The number of carbonyl (C=O) groups is 1. The van der Waals surface area contributed by atoms with Crippen molar-refractivity contribution in [2.24, 2.45) is 0 Å².